The van der Waals surface area contributed by atoms with Crippen molar-refractivity contribution >= 4 is 0 Å². The fourth-order valence-corrected chi connectivity index (χ4v) is 3.15. The molecule has 1 aliphatic rings. The zero-order valence-corrected chi connectivity index (χ0v) is 12.5. The molecule has 1 aliphatic carbocycles. The molecule has 3 rings (SSSR count). The van der Waals surface area contributed by atoms with Crippen molar-refractivity contribution in [2.45, 2.75) is 50.5 Å². The number of ether oxygens (including phenoxy) is 1. The van der Waals surface area contributed by atoms with Crippen molar-refractivity contribution in [1.29, 1.82) is 0 Å². The van der Waals surface area contributed by atoms with Gasteiger partial charge in [-0.15, -0.1) is 0 Å². The number of aryl methyl sites for hydroxylation is 2. The SMILES string of the molecule is COCC1(c2noc(CCn3ccnc3)n2)CCCCC1. The summed E-state index contributed by atoms with van der Waals surface area (Å²) in [7, 11) is 1.75. The van der Waals surface area contributed by atoms with Crippen LogP contribution in [0.15, 0.2) is 23.2 Å². The molecule has 0 bridgehead atoms. The van der Waals surface area contributed by atoms with Crippen molar-refractivity contribution < 1.29 is 9.26 Å². The summed E-state index contributed by atoms with van der Waals surface area (Å²) in [4.78, 5) is 8.66. The molecule has 2 heterocycles. The Hall–Kier alpha value is -1.69. The summed E-state index contributed by atoms with van der Waals surface area (Å²) < 4.78 is 12.9. The van der Waals surface area contributed by atoms with Crippen molar-refractivity contribution in [3.05, 3.63) is 30.4 Å². The smallest absolute Gasteiger partial charge is 0.228 e. The number of hydrogen-bond acceptors (Lipinski definition) is 5. The second-order valence-electron chi connectivity index (χ2n) is 5.84. The van der Waals surface area contributed by atoms with Crippen LogP contribution in [0, 0.1) is 0 Å². The first-order valence-electron chi connectivity index (χ1n) is 7.60. The number of aromatic nitrogens is 4. The van der Waals surface area contributed by atoms with Crippen LogP contribution in [0.5, 0.6) is 0 Å². The Morgan fingerprint density at radius 2 is 2.19 bits per heavy atom. The Balaban J connectivity index is 1.70. The Labute approximate surface area is 124 Å². The summed E-state index contributed by atoms with van der Waals surface area (Å²) in [5.74, 6) is 1.52. The van der Waals surface area contributed by atoms with Gasteiger partial charge in [-0.25, -0.2) is 4.98 Å². The fourth-order valence-electron chi connectivity index (χ4n) is 3.15. The summed E-state index contributed by atoms with van der Waals surface area (Å²) in [5, 5.41) is 4.24. The lowest BCUT2D eigenvalue weighted by molar-refractivity contribution is 0.0961. The first-order valence-corrected chi connectivity index (χ1v) is 7.60. The maximum Gasteiger partial charge on any atom is 0.228 e. The lowest BCUT2D eigenvalue weighted by Gasteiger charge is -2.33. The molecule has 0 N–H and O–H groups in total. The standard InChI is InChI=1S/C15H22N4O2/c1-20-11-15(6-3-2-4-7-15)14-17-13(21-18-14)5-9-19-10-8-16-12-19/h8,10,12H,2-7,9,11H2,1H3. The van der Waals surface area contributed by atoms with Crippen LogP contribution in [0.1, 0.15) is 43.8 Å². The highest BCUT2D eigenvalue weighted by molar-refractivity contribution is 5.09. The highest BCUT2D eigenvalue weighted by atomic mass is 16.5. The van der Waals surface area contributed by atoms with E-state index in [4.69, 9.17) is 9.26 Å². The van der Waals surface area contributed by atoms with Gasteiger partial charge in [0.25, 0.3) is 0 Å². The molecule has 6 heteroatoms. The number of hydrogen-bond donors (Lipinski definition) is 0. The Kier molecular flexibility index (Phi) is 4.34. The van der Waals surface area contributed by atoms with Gasteiger partial charge in [0.15, 0.2) is 5.82 Å². The van der Waals surface area contributed by atoms with E-state index >= 15 is 0 Å². The van der Waals surface area contributed by atoms with E-state index in [9.17, 15) is 0 Å². The summed E-state index contributed by atoms with van der Waals surface area (Å²) >= 11 is 0. The van der Waals surface area contributed by atoms with Gasteiger partial charge in [0.05, 0.1) is 18.3 Å². The number of imidazole rings is 1. The molecule has 0 atom stereocenters. The molecule has 2 aromatic heterocycles. The van der Waals surface area contributed by atoms with Crippen molar-refractivity contribution in [3.63, 3.8) is 0 Å². The fraction of sp³-hybridized carbons (Fsp3) is 0.667. The topological polar surface area (TPSA) is 66.0 Å². The van der Waals surface area contributed by atoms with E-state index < -0.39 is 0 Å². The van der Waals surface area contributed by atoms with Crippen LogP contribution in [-0.2, 0) is 23.1 Å². The largest absolute Gasteiger partial charge is 0.384 e. The lowest BCUT2D eigenvalue weighted by atomic mass is 9.74. The normalized spacial score (nSPS) is 18.0. The molecular formula is C15H22N4O2. The van der Waals surface area contributed by atoms with E-state index in [1.165, 1.54) is 19.3 Å². The molecule has 0 aliphatic heterocycles. The third-order valence-electron chi connectivity index (χ3n) is 4.32. The van der Waals surface area contributed by atoms with Crippen LogP contribution in [0.25, 0.3) is 0 Å². The van der Waals surface area contributed by atoms with E-state index in [1.807, 2.05) is 10.8 Å². The Morgan fingerprint density at radius 1 is 1.33 bits per heavy atom. The third-order valence-corrected chi connectivity index (χ3v) is 4.32. The summed E-state index contributed by atoms with van der Waals surface area (Å²) in [6.07, 6.45) is 12.1. The molecule has 1 saturated carbocycles. The van der Waals surface area contributed by atoms with Gasteiger partial charge in [-0.3, -0.25) is 0 Å². The van der Waals surface area contributed by atoms with E-state index in [0.717, 1.165) is 31.6 Å². The lowest BCUT2D eigenvalue weighted by Crippen LogP contribution is -2.35. The predicted octanol–water partition coefficient (Wildman–Crippen LogP) is 2.36. The quantitative estimate of drug-likeness (QED) is 0.817. The summed E-state index contributed by atoms with van der Waals surface area (Å²) in [5.41, 5.74) is -0.0518. The molecule has 0 unspecified atom stereocenters. The maximum absolute atomic E-state index is 5.44. The molecule has 6 nitrogen and oxygen atoms in total. The summed E-state index contributed by atoms with van der Waals surface area (Å²) in [6, 6.07) is 0. The number of rotatable bonds is 6. The average molecular weight is 290 g/mol. The number of methoxy groups -OCH3 is 1. The third kappa shape index (κ3) is 3.15. The molecule has 2 aromatic rings. The minimum atomic E-state index is -0.0518. The first kappa shape index (κ1) is 14.3. The summed E-state index contributed by atoms with van der Waals surface area (Å²) in [6.45, 7) is 1.48. The second-order valence-corrected chi connectivity index (χ2v) is 5.84. The highest BCUT2D eigenvalue weighted by Crippen LogP contribution is 2.38. The van der Waals surface area contributed by atoms with Crippen LogP contribution in [-0.4, -0.2) is 33.4 Å². The van der Waals surface area contributed by atoms with Gasteiger partial charge >= 0.3 is 0 Å². The molecule has 0 amide bonds. The Bertz CT molecular complexity index is 538. The van der Waals surface area contributed by atoms with Gasteiger partial charge < -0.3 is 13.8 Å². The van der Waals surface area contributed by atoms with Gasteiger partial charge in [0.1, 0.15) is 0 Å². The van der Waals surface area contributed by atoms with Crippen molar-refractivity contribution in [3.8, 4) is 0 Å². The predicted molar refractivity (Wildman–Crippen MR) is 76.9 cm³/mol. The highest BCUT2D eigenvalue weighted by Gasteiger charge is 2.38. The van der Waals surface area contributed by atoms with Gasteiger partial charge in [0.2, 0.25) is 5.89 Å². The molecular weight excluding hydrogens is 268 g/mol. The Morgan fingerprint density at radius 3 is 2.90 bits per heavy atom. The van der Waals surface area contributed by atoms with Gasteiger partial charge in [0, 0.05) is 32.5 Å². The maximum atomic E-state index is 5.44. The molecule has 1 fully saturated rings. The monoisotopic (exact) mass is 290 g/mol. The molecule has 0 saturated heterocycles. The van der Waals surface area contributed by atoms with Crippen LogP contribution in [0.4, 0.5) is 0 Å². The minimum Gasteiger partial charge on any atom is -0.384 e. The van der Waals surface area contributed by atoms with E-state index in [1.54, 1.807) is 19.6 Å². The second kappa shape index (κ2) is 6.39. The van der Waals surface area contributed by atoms with Crippen molar-refractivity contribution in [2.75, 3.05) is 13.7 Å². The molecule has 0 radical (unpaired) electrons. The van der Waals surface area contributed by atoms with E-state index in [0.29, 0.717) is 12.5 Å². The average Bonchev–Trinajstić information content (AvgIpc) is 3.18. The van der Waals surface area contributed by atoms with Crippen LogP contribution >= 0.6 is 0 Å². The zero-order valence-electron chi connectivity index (χ0n) is 12.5. The van der Waals surface area contributed by atoms with Gasteiger partial charge in [-0.1, -0.05) is 24.4 Å². The van der Waals surface area contributed by atoms with Gasteiger partial charge in [-0.2, -0.15) is 4.98 Å². The van der Waals surface area contributed by atoms with Gasteiger partial charge in [-0.05, 0) is 12.8 Å². The van der Waals surface area contributed by atoms with Crippen molar-refractivity contribution in [1.82, 2.24) is 19.7 Å². The molecule has 114 valence electrons. The van der Waals surface area contributed by atoms with Crippen LogP contribution in [0.2, 0.25) is 0 Å². The van der Waals surface area contributed by atoms with Crippen LogP contribution in [0.3, 0.4) is 0 Å². The van der Waals surface area contributed by atoms with E-state index in [2.05, 4.69) is 15.1 Å². The molecule has 0 spiro atoms. The molecule has 0 aromatic carbocycles. The number of nitrogens with zero attached hydrogens (tertiary/aromatic N) is 4. The van der Waals surface area contributed by atoms with Crippen molar-refractivity contribution in [2.24, 2.45) is 0 Å². The molecule has 21 heavy (non-hydrogen) atoms. The van der Waals surface area contributed by atoms with Crippen LogP contribution < -0.4 is 0 Å². The minimum absolute atomic E-state index is 0.0518. The zero-order chi connectivity index (χ0) is 14.5. The first-order chi connectivity index (χ1) is 10.3. The van der Waals surface area contributed by atoms with E-state index in [-0.39, 0.29) is 5.41 Å².